The monoisotopic (exact) mass is 279 g/mol. The summed E-state index contributed by atoms with van der Waals surface area (Å²) in [5.74, 6) is 0.459. The highest BCUT2D eigenvalue weighted by molar-refractivity contribution is 5.94. The van der Waals surface area contributed by atoms with E-state index >= 15 is 0 Å². The SMILES string of the molecule is [c]1cccc2c(C3Cc4cccc5cccc3c45)cccc12. The summed E-state index contributed by atoms with van der Waals surface area (Å²) in [6.07, 6.45) is 1.10. The highest BCUT2D eigenvalue weighted by Crippen LogP contribution is 2.43. The first kappa shape index (κ1) is 12.0. The van der Waals surface area contributed by atoms with E-state index in [0.717, 1.165) is 6.42 Å². The average molecular weight is 279 g/mol. The van der Waals surface area contributed by atoms with Crippen molar-refractivity contribution in [3.8, 4) is 0 Å². The van der Waals surface area contributed by atoms with Crippen LogP contribution < -0.4 is 0 Å². The van der Waals surface area contributed by atoms with Crippen LogP contribution in [0, 0.1) is 6.07 Å². The highest BCUT2D eigenvalue weighted by atomic mass is 14.3. The van der Waals surface area contributed by atoms with Gasteiger partial charge in [-0.3, -0.25) is 0 Å². The van der Waals surface area contributed by atoms with Crippen molar-refractivity contribution >= 4 is 21.5 Å². The van der Waals surface area contributed by atoms with Crippen LogP contribution in [-0.2, 0) is 6.42 Å². The normalized spacial score (nSPS) is 16.5. The molecule has 5 rings (SSSR count). The van der Waals surface area contributed by atoms with E-state index in [9.17, 15) is 0 Å². The molecule has 0 amide bonds. The maximum atomic E-state index is 3.36. The van der Waals surface area contributed by atoms with Gasteiger partial charge in [0.05, 0.1) is 0 Å². The molecule has 4 aromatic rings. The third-order valence-electron chi connectivity index (χ3n) is 4.94. The molecule has 0 aromatic heterocycles. The van der Waals surface area contributed by atoms with E-state index in [-0.39, 0.29) is 0 Å². The molecule has 0 nitrogen and oxygen atoms in total. The first-order chi connectivity index (χ1) is 10.9. The Hall–Kier alpha value is -2.60. The maximum absolute atomic E-state index is 3.36. The van der Waals surface area contributed by atoms with Crippen LogP contribution in [0.5, 0.6) is 0 Å². The molecule has 0 N–H and O–H groups in total. The van der Waals surface area contributed by atoms with Gasteiger partial charge in [-0.15, -0.1) is 0 Å². The Balaban J connectivity index is 1.80. The van der Waals surface area contributed by atoms with Crippen molar-refractivity contribution in [1.29, 1.82) is 0 Å². The summed E-state index contributed by atoms with van der Waals surface area (Å²) < 4.78 is 0. The molecule has 0 saturated heterocycles. The van der Waals surface area contributed by atoms with Crippen molar-refractivity contribution in [3.05, 3.63) is 95.6 Å². The molecule has 4 aromatic carbocycles. The minimum Gasteiger partial charge on any atom is -0.0614 e. The first-order valence-electron chi connectivity index (χ1n) is 7.82. The fourth-order valence-electron chi connectivity index (χ4n) is 4.00. The van der Waals surface area contributed by atoms with E-state index < -0.39 is 0 Å². The van der Waals surface area contributed by atoms with E-state index in [1.54, 1.807) is 0 Å². The van der Waals surface area contributed by atoms with E-state index in [2.05, 4.69) is 72.8 Å². The predicted octanol–water partition coefficient (Wildman–Crippen LogP) is 5.48. The highest BCUT2D eigenvalue weighted by Gasteiger charge is 2.26. The van der Waals surface area contributed by atoms with Crippen LogP contribution in [0.4, 0.5) is 0 Å². The predicted molar refractivity (Wildman–Crippen MR) is 92.3 cm³/mol. The van der Waals surface area contributed by atoms with Gasteiger partial charge in [0.25, 0.3) is 0 Å². The van der Waals surface area contributed by atoms with Gasteiger partial charge in [-0.1, -0.05) is 72.8 Å². The van der Waals surface area contributed by atoms with E-state index in [1.165, 1.54) is 38.2 Å². The summed E-state index contributed by atoms with van der Waals surface area (Å²) in [6.45, 7) is 0. The second-order valence-electron chi connectivity index (χ2n) is 6.10. The number of rotatable bonds is 1. The molecular formula is C22H15. The second kappa shape index (κ2) is 4.45. The summed E-state index contributed by atoms with van der Waals surface area (Å²) in [4.78, 5) is 0. The zero-order valence-corrected chi connectivity index (χ0v) is 12.2. The van der Waals surface area contributed by atoms with E-state index in [1.807, 2.05) is 6.07 Å². The number of hydrogen-bond acceptors (Lipinski definition) is 0. The zero-order valence-electron chi connectivity index (χ0n) is 12.2. The Bertz CT molecular complexity index is 1000. The van der Waals surface area contributed by atoms with Gasteiger partial charge in [0, 0.05) is 5.92 Å². The van der Waals surface area contributed by atoms with Gasteiger partial charge in [0.2, 0.25) is 0 Å². The van der Waals surface area contributed by atoms with E-state index in [0.29, 0.717) is 5.92 Å². The molecule has 1 atom stereocenters. The molecule has 0 bridgehead atoms. The van der Waals surface area contributed by atoms with Crippen LogP contribution in [0.25, 0.3) is 21.5 Å². The van der Waals surface area contributed by atoms with E-state index in [4.69, 9.17) is 0 Å². The third kappa shape index (κ3) is 1.58. The standard InChI is InChI=1S/C22H15/c1-2-11-18-15(6-1)7-4-12-19(18)21-14-17-10-3-8-16-9-5-13-20(21)22(16)17/h1-5,7-13,21H,14H2. The maximum Gasteiger partial charge on any atom is 0.0142 e. The molecule has 0 heteroatoms. The lowest BCUT2D eigenvalue weighted by atomic mass is 9.88. The molecule has 1 radical (unpaired) electrons. The van der Waals surface area contributed by atoms with Gasteiger partial charge in [-0.2, -0.15) is 0 Å². The zero-order chi connectivity index (χ0) is 14.5. The lowest BCUT2D eigenvalue weighted by Crippen LogP contribution is -1.99. The fraction of sp³-hybridized carbons (Fsp3) is 0.0909. The summed E-state index contributed by atoms with van der Waals surface area (Å²) in [6, 6.07) is 29.7. The molecule has 0 spiro atoms. The minimum absolute atomic E-state index is 0.459. The molecule has 1 aliphatic carbocycles. The third-order valence-corrected chi connectivity index (χ3v) is 4.94. The molecule has 1 aliphatic rings. The number of benzene rings is 4. The summed E-state index contributed by atoms with van der Waals surface area (Å²) in [5.41, 5.74) is 4.39. The van der Waals surface area contributed by atoms with Gasteiger partial charge in [-0.05, 0) is 50.7 Å². The summed E-state index contributed by atoms with van der Waals surface area (Å²) in [5, 5.41) is 5.37. The van der Waals surface area contributed by atoms with Crippen molar-refractivity contribution in [2.45, 2.75) is 12.3 Å². The molecule has 0 heterocycles. The van der Waals surface area contributed by atoms with Crippen molar-refractivity contribution in [1.82, 2.24) is 0 Å². The van der Waals surface area contributed by atoms with Crippen LogP contribution in [0.2, 0.25) is 0 Å². The van der Waals surface area contributed by atoms with Gasteiger partial charge >= 0.3 is 0 Å². The fourth-order valence-corrected chi connectivity index (χ4v) is 4.00. The van der Waals surface area contributed by atoms with Crippen LogP contribution in [0.3, 0.4) is 0 Å². The Labute approximate surface area is 130 Å². The molecule has 0 fully saturated rings. The average Bonchev–Trinajstić information content (AvgIpc) is 2.95. The molecule has 0 saturated carbocycles. The first-order valence-corrected chi connectivity index (χ1v) is 7.82. The molecule has 22 heavy (non-hydrogen) atoms. The van der Waals surface area contributed by atoms with Crippen LogP contribution in [0.15, 0.2) is 72.8 Å². The van der Waals surface area contributed by atoms with Crippen molar-refractivity contribution in [2.24, 2.45) is 0 Å². The minimum atomic E-state index is 0.459. The molecule has 1 unspecified atom stereocenters. The van der Waals surface area contributed by atoms with Gasteiger partial charge in [0.15, 0.2) is 0 Å². The largest absolute Gasteiger partial charge is 0.0614 e. The quantitative estimate of drug-likeness (QED) is 0.433. The van der Waals surface area contributed by atoms with Crippen LogP contribution >= 0.6 is 0 Å². The molecular weight excluding hydrogens is 264 g/mol. The van der Waals surface area contributed by atoms with Crippen LogP contribution in [0.1, 0.15) is 22.6 Å². The van der Waals surface area contributed by atoms with Gasteiger partial charge in [0.1, 0.15) is 0 Å². The Morgan fingerprint density at radius 2 is 1.59 bits per heavy atom. The van der Waals surface area contributed by atoms with Gasteiger partial charge < -0.3 is 0 Å². The smallest absolute Gasteiger partial charge is 0.0142 e. The summed E-state index contributed by atoms with van der Waals surface area (Å²) in [7, 11) is 0. The topological polar surface area (TPSA) is 0 Å². The lowest BCUT2D eigenvalue weighted by Gasteiger charge is -2.15. The van der Waals surface area contributed by atoms with Crippen molar-refractivity contribution in [3.63, 3.8) is 0 Å². The molecule has 103 valence electrons. The van der Waals surface area contributed by atoms with Crippen molar-refractivity contribution in [2.75, 3.05) is 0 Å². The van der Waals surface area contributed by atoms with Gasteiger partial charge in [-0.25, -0.2) is 0 Å². The Morgan fingerprint density at radius 1 is 0.773 bits per heavy atom. The molecule has 0 aliphatic heterocycles. The second-order valence-corrected chi connectivity index (χ2v) is 6.10. The van der Waals surface area contributed by atoms with Crippen molar-refractivity contribution < 1.29 is 0 Å². The number of fused-ring (bicyclic) bond motifs is 1. The summed E-state index contributed by atoms with van der Waals surface area (Å²) >= 11 is 0. The Morgan fingerprint density at radius 3 is 2.55 bits per heavy atom. The lowest BCUT2D eigenvalue weighted by molar-refractivity contribution is 0.856. The number of hydrogen-bond donors (Lipinski definition) is 0. The van der Waals surface area contributed by atoms with Crippen LogP contribution in [-0.4, -0.2) is 0 Å². The Kier molecular flexibility index (Phi) is 2.42.